The van der Waals surface area contributed by atoms with Gasteiger partial charge in [-0.25, -0.2) is 9.48 Å². The SMILES string of the molecule is Cc1cc(-n2ccnn2)cc(C(=O)O)c1O. The van der Waals surface area contributed by atoms with Gasteiger partial charge in [0.05, 0.1) is 18.1 Å². The fourth-order valence-corrected chi connectivity index (χ4v) is 1.40. The highest BCUT2D eigenvalue weighted by molar-refractivity contribution is 5.92. The molecule has 0 saturated carbocycles. The first-order valence-corrected chi connectivity index (χ1v) is 4.53. The van der Waals surface area contributed by atoms with Gasteiger partial charge in [0, 0.05) is 0 Å². The minimum atomic E-state index is -1.18. The largest absolute Gasteiger partial charge is 0.507 e. The Morgan fingerprint density at radius 3 is 2.75 bits per heavy atom. The Bertz CT molecular complexity index is 534. The van der Waals surface area contributed by atoms with Gasteiger partial charge >= 0.3 is 5.97 Å². The van der Waals surface area contributed by atoms with Gasteiger partial charge in [0.25, 0.3) is 0 Å². The van der Waals surface area contributed by atoms with E-state index in [1.165, 1.54) is 16.9 Å². The number of aromatic hydroxyl groups is 1. The highest BCUT2D eigenvalue weighted by Gasteiger charge is 2.14. The van der Waals surface area contributed by atoms with Crippen molar-refractivity contribution in [2.45, 2.75) is 6.92 Å². The van der Waals surface area contributed by atoms with E-state index in [9.17, 15) is 9.90 Å². The van der Waals surface area contributed by atoms with Gasteiger partial charge in [0.1, 0.15) is 11.3 Å². The number of aromatic nitrogens is 3. The highest BCUT2D eigenvalue weighted by atomic mass is 16.4. The summed E-state index contributed by atoms with van der Waals surface area (Å²) in [6, 6.07) is 2.98. The number of benzene rings is 1. The summed E-state index contributed by atoms with van der Waals surface area (Å²) in [6.07, 6.45) is 3.08. The molecule has 0 atom stereocenters. The third-order valence-electron chi connectivity index (χ3n) is 2.20. The molecule has 6 heteroatoms. The van der Waals surface area contributed by atoms with E-state index in [1.807, 2.05) is 0 Å². The summed E-state index contributed by atoms with van der Waals surface area (Å²) in [5.41, 5.74) is 0.876. The van der Waals surface area contributed by atoms with Crippen molar-refractivity contribution in [1.82, 2.24) is 15.0 Å². The van der Waals surface area contributed by atoms with E-state index >= 15 is 0 Å². The summed E-state index contributed by atoms with van der Waals surface area (Å²) >= 11 is 0. The standard InChI is InChI=1S/C10H9N3O3/c1-6-4-7(13-3-2-11-12-13)5-8(9(6)14)10(15)16/h2-5,14H,1H3,(H,15,16). The van der Waals surface area contributed by atoms with Crippen molar-refractivity contribution in [3.05, 3.63) is 35.7 Å². The van der Waals surface area contributed by atoms with Gasteiger partial charge in [-0.15, -0.1) is 5.10 Å². The van der Waals surface area contributed by atoms with Gasteiger partial charge in [-0.3, -0.25) is 0 Å². The lowest BCUT2D eigenvalue weighted by molar-refractivity contribution is 0.0693. The average molecular weight is 219 g/mol. The maximum Gasteiger partial charge on any atom is 0.339 e. The van der Waals surface area contributed by atoms with Crippen LogP contribution in [0.25, 0.3) is 5.69 Å². The van der Waals surface area contributed by atoms with Crippen LogP contribution >= 0.6 is 0 Å². The van der Waals surface area contributed by atoms with Crippen LogP contribution in [0.2, 0.25) is 0 Å². The third-order valence-corrected chi connectivity index (χ3v) is 2.20. The molecule has 82 valence electrons. The molecule has 0 aliphatic carbocycles. The summed E-state index contributed by atoms with van der Waals surface area (Å²) in [5.74, 6) is -1.40. The molecule has 1 aromatic carbocycles. The van der Waals surface area contributed by atoms with Gasteiger partial charge in [-0.1, -0.05) is 5.21 Å². The van der Waals surface area contributed by atoms with Crippen molar-refractivity contribution in [3.63, 3.8) is 0 Å². The zero-order valence-corrected chi connectivity index (χ0v) is 8.45. The van der Waals surface area contributed by atoms with E-state index in [-0.39, 0.29) is 11.3 Å². The number of rotatable bonds is 2. The van der Waals surface area contributed by atoms with Crippen LogP contribution in [-0.2, 0) is 0 Å². The van der Waals surface area contributed by atoms with Gasteiger partial charge in [-0.2, -0.15) is 0 Å². The predicted octanol–water partition coefficient (Wildman–Crippen LogP) is 0.980. The van der Waals surface area contributed by atoms with Gasteiger partial charge in [0.15, 0.2) is 0 Å². The number of hydrogen-bond donors (Lipinski definition) is 2. The molecule has 0 spiro atoms. The molecule has 1 aromatic heterocycles. The minimum Gasteiger partial charge on any atom is -0.507 e. The van der Waals surface area contributed by atoms with Crippen LogP contribution in [0.4, 0.5) is 0 Å². The normalized spacial score (nSPS) is 10.3. The summed E-state index contributed by atoms with van der Waals surface area (Å²) in [6.45, 7) is 1.63. The number of carbonyl (C=O) groups is 1. The molecule has 2 aromatic rings. The predicted molar refractivity (Wildman–Crippen MR) is 54.7 cm³/mol. The topological polar surface area (TPSA) is 88.2 Å². The Kier molecular flexibility index (Phi) is 2.32. The van der Waals surface area contributed by atoms with Crippen LogP contribution in [0, 0.1) is 6.92 Å². The molecule has 6 nitrogen and oxygen atoms in total. The lowest BCUT2D eigenvalue weighted by atomic mass is 10.1. The van der Waals surface area contributed by atoms with Gasteiger partial charge in [-0.05, 0) is 24.6 Å². The summed E-state index contributed by atoms with van der Waals surface area (Å²) in [4.78, 5) is 10.9. The first-order valence-electron chi connectivity index (χ1n) is 4.53. The number of carboxylic acids is 1. The Balaban J connectivity index is 2.62. The molecule has 0 bridgehead atoms. The molecule has 0 amide bonds. The number of hydrogen-bond acceptors (Lipinski definition) is 4. The van der Waals surface area contributed by atoms with Crippen molar-refractivity contribution < 1.29 is 15.0 Å². The minimum absolute atomic E-state index is 0.148. The molecule has 0 fully saturated rings. The second-order valence-corrected chi connectivity index (χ2v) is 3.31. The van der Waals surface area contributed by atoms with E-state index in [4.69, 9.17) is 5.11 Å². The molecule has 1 heterocycles. The summed E-state index contributed by atoms with van der Waals surface area (Å²) < 4.78 is 1.43. The summed E-state index contributed by atoms with van der Waals surface area (Å²) in [5, 5.41) is 25.8. The van der Waals surface area contributed by atoms with Crippen molar-refractivity contribution in [1.29, 1.82) is 0 Å². The van der Waals surface area contributed by atoms with Crippen LogP contribution < -0.4 is 0 Å². The number of phenols is 1. The average Bonchev–Trinajstić information content (AvgIpc) is 2.74. The lowest BCUT2D eigenvalue weighted by Gasteiger charge is -2.07. The Hall–Kier alpha value is -2.37. The molecule has 0 aliphatic heterocycles. The Labute approximate surface area is 90.8 Å². The Morgan fingerprint density at radius 1 is 1.44 bits per heavy atom. The first kappa shape index (κ1) is 10.2. The lowest BCUT2D eigenvalue weighted by Crippen LogP contribution is -2.02. The van der Waals surface area contributed by atoms with Crippen molar-refractivity contribution in [3.8, 4) is 11.4 Å². The second kappa shape index (κ2) is 3.65. The van der Waals surface area contributed by atoms with Crippen LogP contribution in [0.3, 0.4) is 0 Å². The molecule has 16 heavy (non-hydrogen) atoms. The van der Waals surface area contributed by atoms with Crippen molar-refractivity contribution in [2.24, 2.45) is 0 Å². The van der Waals surface area contributed by atoms with Crippen LogP contribution in [0.1, 0.15) is 15.9 Å². The van der Waals surface area contributed by atoms with Gasteiger partial charge < -0.3 is 10.2 Å². The zero-order valence-electron chi connectivity index (χ0n) is 8.45. The van der Waals surface area contributed by atoms with E-state index in [2.05, 4.69) is 10.3 Å². The molecule has 2 N–H and O–H groups in total. The van der Waals surface area contributed by atoms with Crippen LogP contribution in [0.15, 0.2) is 24.5 Å². The van der Waals surface area contributed by atoms with Crippen LogP contribution in [0.5, 0.6) is 5.75 Å². The van der Waals surface area contributed by atoms with Crippen molar-refractivity contribution >= 4 is 5.97 Å². The van der Waals surface area contributed by atoms with Crippen LogP contribution in [-0.4, -0.2) is 31.2 Å². The molecule has 0 unspecified atom stereocenters. The van der Waals surface area contributed by atoms with E-state index < -0.39 is 5.97 Å². The van der Waals surface area contributed by atoms with E-state index in [0.717, 1.165) is 0 Å². The number of aromatic carboxylic acids is 1. The smallest absolute Gasteiger partial charge is 0.339 e. The molecule has 0 aliphatic rings. The summed E-state index contributed by atoms with van der Waals surface area (Å²) in [7, 11) is 0. The molecular weight excluding hydrogens is 210 g/mol. The van der Waals surface area contributed by atoms with E-state index in [1.54, 1.807) is 19.2 Å². The first-order chi connectivity index (χ1) is 7.59. The Morgan fingerprint density at radius 2 is 2.19 bits per heavy atom. The zero-order chi connectivity index (χ0) is 11.7. The second-order valence-electron chi connectivity index (χ2n) is 3.31. The maximum absolute atomic E-state index is 10.9. The molecular formula is C10H9N3O3. The monoisotopic (exact) mass is 219 g/mol. The fourth-order valence-electron chi connectivity index (χ4n) is 1.40. The number of nitrogens with zero attached hydrogens (tertiary/aromatic N) is 3. The molecule has 0 radical (unpaired) electrons. The van der Waals surface area contributed by atoms with Crippen molar-refractivity contribution in [2.75, 3.05) is 0 Å². The number of aryl methyl sites for hydroxylation is 1. The number of carboxylic acid groups (broad SMARTS) is 1. The van der Waals surface area contributed by atoms with E-state index in [0.29, 0.717) is 11.3 Å². The molecule has 0 saturated heterocycles. The molecule has 2 rings (SSSR count). The fraction of sp³-hybridized carbons (Fsp3) is 0.100. The van der Waals surface area contributed by atoms with Gasteiger partial charge in [0.2, 0.25) is 0 Å². The third kappa shape index (κ3) is 1.60. The highest BCUT2D eigenvalue weighted by Crippen LogP contribution is 2.25. The maximum atomic E-state index is 10.9. The quantitative estimate of drug-likeness (QED) is 0.785.